The van der Waals surface area contributed by atoms with Crippen molar-refractivity contribution in [1.29, 1.82) is 0 Å². The van der Waals surface area contributed by atoms with Gasteiger partial charge >= 0.3 is 0 Å². The van der Waals surface area contributed by atoms with Gasteiger partial charge in [0.1, 0.15) is 5.69 Å². The molecule has 0 spiro atoms. The zero-order valence-electron chi connectivity index (χ0n) is 12.1. The lowest BCUT2D eigenvalue weighted by Crippen LogP contribution is -2.47. The molecule has 0 aliphatic carbocycles. The second-order valence-corrected chi connectivity index (χ2v) is 6.23. The Morgan fingerprint density at radius 1 is 1.18 bits per heavy atom. The third-order valence-electron chi connectivity index (χ3n) is 3.81. The van der Waals surface area contributed by atoms with Gasteiger partial charge in [-0.1, -0.05) is 23.2 Å². The first-order chi connectivity index (χ1) is 10.5. The number of carbonyl (C=O) groups excluding carboxylic acids is 1. The average Bonchev–Trinajstić information content (AvgIpc) is 2.97. The Balaban J connectivity index is 1.80. The predicted molar refractivity (Wildman–Crippen MR) is 87.4 cm³/mol. The number of nitrogens with zero attached hydrogens (tertiary/aromatic N) is 3. The molecular weight excluding hydrogens is 323 g/mol. The number of hydrogen-bond donors (Lipinski definition) is 1. The van der Waals surface area contributed by atoms with Crippen LogP contribution in [0.2, 0.25) is 10.0 Å². The van der Waals surface area contributed by atoms with Crippen molar-refractivity contribution in [2.45, 2.75) is 0 Å². The van der Waals surface area contributed by atoms with Gasteiger partial charge in [0.15, 0.2) is 0 Å². The summed E-state index contributed by atoms with van der Waals surface area (Å²) in [5, 5.41) is 8.08. The molecule has 3 rings (SSSR count). The highest BCUT2D eigenvalue weighted by Crippen LogP contribution is 2.29. The Bertz CT molecular complexity index is 693. The lowest BCUT2D eigenvalue weighted by Gasteiger charge is -2.32. The molecule has 1 saturated heterocycles. The van der Waals surface area contributed by atoms with Gasteiger partial charge in [0, 0.05) is 36.8 Å². The average molecular weight is 339 g/mol. The molecule has 0 radical (unpaired) electrons. The van der Waals surface area contributed by atoms with E-state index >= 15 is 0 Å². The number of rotatable bonds is 2. The van der Waals surface area contributed by atoms with Crippen molar-refractivity contribution in [3.63, 3.8) is 0 Å². The smallest absolute Gasteiger partial charge is 0.271 e. The van der Waals surface area contributed by atoms with E-state index in [2.05, 4.69) is 22.1 Å². The van der Waals surface area contributed by atoms with E-state index in [1.165, 1.54) is 0 Å². The van der Waals surface area contributed by atoms with E-state index in [0.717, 1.165) is 31.7 Å². The Morgan fingerprint density at radius 3 is 2.59 bits per heavy atom. The first kappa shape index (κ1) is 15.3. The first-order valence-corrected chi connectivity index (χ1v) is 7.79. The standard InChI is InChI=1S/C15H16Cl2N4O/c1-20-4-6-21(7-5-20)15(22)14-9-13(18-19-14)11-3-2-10(16)8-12(11)17/h2-3,8-9H,4-7H2,1H3,(H,18,19). The quantitative estimate of drug-likeness (QED) is 0.915. The van der Waals surface area contributed by atoms with Crippen molar-refractivity contribution in [2.75, 3.05) is 33.2 Å². The van der Waals surface area contributed by atoms with Gasteiger partial charge in [0.2, 0.25) is 0 Å². The number of piperazine rings is 1. The number of H-pyrrole nitrogens is 1. The highest BCUT2D eigenvalue weighted by molar-refractivity contribution is 6.36. The zero-order valence-corrected chi connectivity index (χ0v) is 13.7. The van der Waals surface area contributed by atoms with E-state index in [4.69, 9.17) is 23.2 Å². The lowest BCUT2D eigenvalue weighted by atomic mass is 10.1. The largest absolute Gasteiger partial charge is 0.335 e. The Kier molecular flexibility index (Phi) is 4.38. The van der Waals surface area contributed by atoms with Crippen molar-refractivity contribution in [3.05, 3.63) is 40.0 Å². The maximum atomic E-state index is 12.5. The SMILES string of the molecule is CN1CCN(C(=O)c2cc(-c3ccc(Cl)cc3Cl)n[nH]2)CC1. The second kappa shape index (κ2) is 6.28. The molecule has 0 saturated carbocycles. The van der Waals surface area contributed by atoms with Crippen LogP contribution in [0.5, 0.6) is 0 Å². The molecule has 2 aromatic rings. The van der Waals surface area contributed by atoms with Gasteiger partial charge in [-0.25, -0.2) is 0 Å². The van der Waals surface area contributed by atoms with E-state index in [1.807, 2.05) is 4.90 Å². The first-order valence-electron chi connectivity index (χ1n) is 7.03. The van der Waals surface area contributed by atoms with Crippen LogP contribution in [0.4, 0.5) is 0 Å². The van der Waals surface area contributed by atoms with Crippen LogP contribution in [0.15, 0.2) is 24.3 Å². The zero-order chi connectivity index (χ0) is 15.7. The number of aromatic nitrogens is 2. The lowest BCUT2D eigenvalue weighted by molar-refractivity contribution is 0.0658. The minimum absolute atomic E-state index is 0.0306. The van der Waals surface area contributed by atoms with Crippen LogP contribution in [0, 0.1) is 0 Å². The molecule has 1 fully saturated rings. The molecule has 1 aliphatic rings. The topological polar surface area (TPSA) is 52.2 Å². The molecule has 116 valence electrons. The summed E-state index contributed by atoms with van der Waals surface area (Å²) >= 11 is 12.1. The summed E-state index contributed by atoms with van der Waals surface area (Å²) in [4.78, 5) is 16.5. The summed E-state index contributed by atoms with van der Waals surface area (Å²) < 4.78 is 0. The van der Waals surface area contributed by atoms with Crippen molar-refractivity contribution in [1.82, 2.24) is 20.0 Å². The van der Waals surface area contributed by atoms with Crippen LogP contribution >= 0.6 is 23.2 Å². The number of benzene rings is 1. The van der Waals surface area contributed by atoms with Crippen molar-refractivity contribution >= 4 is 29.1 Å². The minimum Gasteiger partial charge on any atom is -0.335 e. The fourth-order valence-electron chi connectivity index (χ4n) is 2.45. The molecule has 1 aromatic carbocycles. The van der Waals surface area contributed by atoms with Crippen LogP contribution < -0.4 is 0 Å². The molecule has 7 heteroatoms. The maximum Gasteiger partial charge on any atom is 0.271 e. The van der Waals surface area contributed by atoms with Crippen LogP contribution in [-0.4, -0.2) is 59.1 Å². The molecule has 0 atom stereocenters. The second-order valence-electron chi connectivity index (χ2n) is 5.39. The monoisotopic (exact) mass is 338 g/mol. The predicted octanol–water partition coefficient (Wildman–Crippen LogP) is 2.77. The third-order valence-corrected chi connectivity index (χ3v) is 4.35. The molecule has 22 heavy (non-hydrogen) atoms. The van der Waals surface area contributed by atoms with E-state index in [1.54, 1.807) is 24.3 Å². The highest BCUT2D eigenvalue weighted by atomic mass is 35.5. The fourth-order valence-corrected chi connectivity index (χ4v) is 2.95. The van der Waals surface area contributed by atoms with Crippen LogP contribution in [0.3, 0.4) is 0 Å². The summed E-state index contributed by atoms with van der Waals surface area (Å²) in [7, 11) is 2.05. The Labute approximate surface area is 138 Å². The minimum atomic E-state index is -0.0306. The summed E-state index contributed by atoms with van der Waals surface area (Å²) in [6.07, 6.45) is 0. The molecule has 1 aromatic heterocycles. The molecule has 0 bridgehead atoms. The Hall–Kier alpha value is -1.56. The van der Waals surface area contributed by atoms with Gasteiger partial charge in [-0.15, -0.1) is 0 Å². The number of carbonyl (C=O) groups is 1. The van der Waals surface area contributed by atoms with Crippen LogP contribution in [0.1, 0.15) is 10.5 Å². The molecule has 0 unspecified atom stereocenters. The third kappa shape index (κ3) is 3.11. The molecule has 5 nitrogen and oxygen atoms in total. The van der Waals surface area contributed by atoms with E-state index in [9.17, 15) is 4.79 Å². The molecular formula is C15H16Cl2N4O. The number of hydrogen-bond acceptors (Lipinski definition) is 3. The van der Waals surface area contributed by atoms with Gasteiger partial charge in [-0.2, -0.15) is 5.10 Å². The Morgan fingerprint density at radius 2 is 1.91 bits per heavy atom. The molecule has 2 heterocycles. The van der Waals surface area contributed by atoms with Gasteiger partial charge in [0.05, 0.1) is 10.7 Å². The maximum absolute atomic E-state index is 12.5. The summed E-state index contributed by atoms with van der Waals surface area (Å²) in [5.74, 6) is -0.0306. The van der Waals surface area contributed by atoms with Crippen molar-refractivity contribution in [3.8, 4) is 11.3 Å². The van der Waals surface area contributed by atoms with E-state index in [0.29, 0.717) is 21.4 Å². The fraction of sp³-hybridized carbons (Fsp3) is 0.333. The number of halogens is 2. The number of nitrogens with one attached hydrogen (secondary N) is 1. The van der Waals surface area contributed by atoms with Gasteiger partial charge in [-0.05, 0) is 31.3 Å². The molecule has 1 amide bonds. The molecule has 1 aliphatic heterocycles. The van der Waals surface area contributed by atoms with Gasteiger partial charge < -0.3 is 9.80 Å². The number of amides is 1. The van der Waals surface area contributed by atoms with Gasteiger partial charge in [-0.3, -0.25) is 9.89 Å². The summed E-state index contributed by atoms with van der Waals surface area (Å²) in [6.45, 7) is 3.22. The normalized spacial score (nSPS) is 16.0. The van der Waals surface area contributed by atoms with Crippen LogP contribution in [0.25, 0.3) is 11.3 Å². The highest BCUT2D eigenvalue weighted by Gasteiger charge is 2.22. The van der Waals surface area contributed by atoms with Gasteiger partial charge in [0.25, 0.3) is 5.91 Å². The van der Waals surface area contributed by atoms with Crippen molar-refractivity contribution < 1.29 is 4.79 Å². The van der Waals surface area contributed by atoms with E-state index in [-0.39, 0.29) is 5.91 Å². The summed E-state index contributed by atoms with van der Waals surface area (Å²) in [6, 6.07) is 6.94. The number of likely N-dealkylation sites (N-methyl/N-ethyl adjacent to an activating group) is 1. The summed E-state index contributed by atoms with van der Waals surface area (Å²) in [5.41, 5.74) is 1.87. The van der Waals surface area contributed by atoms with Crippen LogP contribution in [-0.2, 0) is 0 Å². The molecule has 1 N–H and O–H groups in total. The number of aromatic amines is 1. The van der Waals surface area contributed by atoms with Crippen molar-refractivity contribution in [2.24, 2.45) is 0 Å². The van der Waals surface area contributed by atoms with E-state index < -0.39 is 0 Å².